The Morgan fingerprint density at radius 3 is 2.46 bits per heavy atom. The van der Waals surface area contributed by atoms with E-state index in [2.05, 4.69) is 5.32 Å². The molecule has 0 unspecified atom stereocenters. The van der Waals surface area contributed by atoms with Crippen LogP contribution < -0.4 is 11.0 Å². The molecule has 1 heterocycles. The second-order valence-electron chi connectivity index (χ2n) is 5.57. The SMILES string of the molecule is CCn1c(=O)n(CC(=O)Nc2ccc(Cl)c([N+](=O)[O-])c2)c2ccccc21. The summed E-state index contributed by atoms with van der Waals surface area (Å²) in [5.41, 5.74) is 1.04. The third-order valence-corrected chi connectivity index (χ3v) is 4.29. The quantitative estimate of drug-likeness (QED) is 0.548. The molecule has 3 rings (SSSR count). The monoisotopic (exact) mass is 374 g/mol. The molecule has 1 amide bonds. The zero-order valence-electron chi connectivity index (χ0n) is 13.8. The molecule has 0 saturated carbocycles. The summed E-state index contributed by atoms with van der Waals surface area (Å²) in [6.45, 7) is 2.13. The number of carbonyl (C=O) groups excluding carboxylic acids is 1. The largest absolute Gasteiger partial charge is 0.329 e. The molecule has 26 heavy (non-hydrogen) atoms. The van der Waals surface area contributed by atoms with Gasteiger partial charge in [-0.1, -0.05) is 23.7 Å². The summed E-state index contributed by atoms with van der Waals surface area (Å²) >= 11 is 5.76. The Bertz CT molecular complexity index is 1070. The van der Waals surface area contributed by atoms with E-state index < -0.39 is 10.8 Å². The first-order valence-corrected chi connectivity index (χ1v) is 8.22. The van der Waals surface area contributed by atoms with Crippen molar-refractivity contribution in [3.8, 4) is 0 Å². The fraction of sp³-hybridized carbons (Fsp3) is 0.176. The molecule has 0 spiro atoms. The molecule has 0 saturated heterocycles. The van der Waals surface area contributed by atoms with Gasteiger partial charge in [-0.25, -0.2) is 4.79 Å². The van der Waals surface area contributed by atoms with Gasteiger partial charge in [-0.3, -0.25) is 24.0 Å². The highest BCUT2D eigenvalue weighted by Gasteiger charge is 2.16. The Morgan fingerprint density at radius 2 is 1.85 bits per heavy atom. The van der Waals surface area contributed by atoms with Crippen molar-refractivity contribution in [2.75, 3.05) is 5.32 Å². The molecular formula is C17H15ClN4O4. The number of imidazole rings is 1. The first kappa shape index (κ1) is 17.7. The number of nitrogens with one attached hydrogen (secondary N) is 1. The van der Waals surface area contributed by atoms with E-state index in [-0.39, 0.29) is 28.6 Å². The van der Waals surface area contributed by atoms with Gasteiger partial charge in [0.25, 0.3) is 5.69 Å². The third-order valence-electron chi connectivity index (χ3n) is 3.97. The van der Waals surface area contributed by atoms with Crippen molar-refractivity contribution in [1.29, 1.82) is 0 Å². The van der Waals surface area contributed by atoms with Gasteiger partial charge < -0.3 is 5.32 Å². The van der Waals surface area contributed by atoms with Crippen molar-refractivity contribution < 1.29 is 9.72 Å². The van der Waals surface area contributed by atoms with Gasteiger partial charge in [-0.05, 0) is 31.2 Å². The second-order valence-corrected chi connectivity index (χ2v) is 5.98. The van der Waals surface area contributed by atoms with Crippen molar-refractivity contribution in [2.45, 2.75) is 20.0 Å². The second kappa shape index (κ2) is 7.01. The molecule has 2 aromatic carbocycles. The van der Waals surface area contributed by atoms with Gasteiger partial charge in [0.2, 0.25) is 5.91 Å². The normalized spacial score (nSPS) is 10.8. The number of hydrogen-bond donors (Lipinski definition) is 1. The number of nitro benzene ring substituents is 1. The van der Waals surface area contributed by atoms with Gasteiger partial charge in [-0.2, -0.15) is 0 Å². The van der Waals surface area contributed by atoms with Crippen LogP contribution >= 0.6 is 11.6 Å². The van der Waals surface area contributed by atoms with E-state index >= 15 is 0 Å². The van der Waals surface area contributed by atoms with Gasteiger partial charge in [0.05, 0.1) is 16.0 Å². The highest BCUT2D eigenvalue weighted by Crippen LogP contribution is 2.27. The lowest BCUT2D eigenvalue weighted by molar-refractivity contribution is -0.384. The van der Waals surface area contributed by atoms with Crippen LogP contribution in [0.1, 0.15) is 6.92 Å². The molecule has 9 heteroatoms. The molecule has 0 aliphatic heterocycles. The van der Waals surface area contributed by atoms with E-state index in [4.69, 9.17) is 11.6 Å². The first-order chi connectivity index (χ1) is 12.4. The van der Waals surface area contributed by atoms with Crippen molar-refractivity contribution in [3.63, 3.8) is 0 Å². The molecule has 0 bridgehead atoms. The Kier molecular flexibility index (Phi) is 4.77. The highest BCUT2D eigenvalue weighted by atomic mass is 35.5. The first-order valence-electron chi connectivity index (χ1n) is 7.84. The molecule has 0 atom stereocenters. The van der Waals surface area contributed by atoms with E-state index in [1.54, 1.807) is 16.7 Å². The van der Waals surface area contributed by atoms with Crippen LogP contribution in [0.3, 0.4) is 0 Å². The predicted molar refractivity (Wildman–Crippen MR) is 98.6 cm³/mol. The van der Waals surface area contributed by atoms with Crippen LogP contribution in [-0.2, 0) is 17.9 Å². The van der Waals surface area contributed by atoms with Crippen molar-refractivity contribution in [3.05, 3.63) is 68.1 Å². The fourth-order valence-electron chi connectivity index (χ4n) is 2.81. The lowest BCUT2D eigenvalue weighted by Crippen LogP contribution is -2.29. The molecule has 3 aromatic rings. The van der Waals surface area contributed by atoms with Crippen molar-refractivity contribution in [2.24, 2.45) is 0 Å². The van der Waals surface area contributed by atoms with Crippen LogP contribution in [-0.4, -0.2) is 20.0 Å². The highest BCUT2D eigenvalue weighted by molar-refractivity contribution is 6.32. The van der Waals surface area contributed by atoms with Crippen LogP contribution in [0.4, 0.5) is 11.4 Å². The number of aromatic nitrogens is 2. The van der Waals surface area contributed by atoms with Crippen LogP contribution in [0, 0.1) is 10.1 Å². The number of carbonyl (C=O) groups is 1. The maximum atomic E-state index is 12.5. The minimum Gasteiger partial charge on any atom is -0.324 e. The minimum absolute atomic E-state index is 0.0183. The number of hydrogen-bond acceptors (Lipinski definition) is 4. The average Bonchev–Trinajstić information content (AvgIpc) is 2.88. The number of para-hydroxylation sites is 2. The number of halogens is 1. The standard InChI is InChI=1S/C17H15ClN4O4/c1-2-20-13-5-3-4-6-14(13)21(17(20)24)10-16(23)19-11-7-8-12(18)15(9-11)22(25)26/h3-9H,2,10H2,1H3,(H,19,23). The topological polar surface area (TPSA) is 99.2 Å². The summed E-state index contributed by atoms with van der Waals surface area (Å²) in [5.74, 6) is -0.470. The number of amides is 1. The van der Waals surface area contributed by atoms with Crippen LogP contribution in [0.15, 0.2) is 47.3 Å². The third kappa shape index (κ3) is 3.18. The van der Waals surface area contributed by atoms with Gasteiger partial charge >= 0.3 is 5.69 Å². The maximum Gasteiger partial charge on any atom is 0.329 e. The number of anilines is 1. The van der Waals surface area contributed by atoms with Gasteiger partial charge in [0, 0.05) is 18.3 Å². The zero-order valence-corrected chi connectivity index (χ0v) is 14.6. The zero-order chi connectivity index (χ0) is 18.8. The van der Waals surface area contributed by atoms with Gasteiger partial charge in [-0.15, -0.1) is 0 Å². The summed E-state index contributed by atoms with van der Waals surface area (Å²) in [6, 6.07) is 11.2. The summed E-state index contributed by atoms with van der Waals surface area (Å²) in [6.07, 6.45) is 0. The average molecular weight is 375 g/mol. The molecule has 0 fully saturated rings. The van der Waals surface area contributed by atoms with E-state index in [1.165, 1.54) is 22.8 Å². The number of nitro groups is 1. The molecule has 1 aromatic heterocycles. The Hall–Kier alpha value is -3.13. The van der Waals surface area contributed by atoms with Crippen molar-refractivity contribution in [1.82, 2.24) is 9.13 Å². The molecule has 0 aliphatic rings. The number of nitrogens with zero attached hydrogens (tertiary/aromatic N) is 3. The Labute approximate surface area is 152 Å². The summed E-state index contributed by atoms with van der Waals surface area (Å²) in [5, 5.41) is 13.5. The fourth-order valence-corrected chi connectivity index (χ4v) is 2.99. The summed E-state index contributed by atoms with van der Waals surface area (Å²) in [4.78, 5) is 35.2. The molecule has 8 nitrogen and oxygen atoms in total. The Morgan fingerprint density at radius 1 is 1.19 bits per heavy atom. The minimum atomic E-state index is -0.628. The predicted octanol–water partition coefficient (Wildman–Crippen LogP) is 3.02. The summed E-state index contributed by atoms with van der Waals surface area (Å²) < 4.78 is 2.95. The number of benzene rings is 2. The number of aryl methyl sites for hydroxylation is 1. The van der Waals surface area contributed by atoms with Crippen LogP contribution in [0.5, 0.6) is 0 Å². The van der Waals surface area contributed by atoms with E-state index in [0.717, 1.165) is 5.52 Å². The van der Waals surface area contributed by atoms with E-state index in [1.807, 2.05) is 19.1 Å². The molecular weight excluding hydrogens is 360 g/mol. The Balaban J connectivity index is 1.89. The smallest absolute Gasteiger partial charge is 0.324 e. The molecule has 0 aliphatic carbocycles. The van der Waals surface area contributed by atoms with Crippen molar-refractivity contribution >= 4 is 39.9 Å². The van der Waals surface area contributed by atoms with E-state index in [9.17, 15) is 19.7 Å². The van der Waals surface area contributed by atoms with Crippen LogP contribution in [0.25, 0.3) is 11.0 Å². The molecule has 1 N–H and O–H groups in total. The summed E-state index contributed by atoms with van der Waals surface area (Å²) in [7, 11) is 0. The van der Waals surface area contributed by atoms with E-state index in [0.29, 0.717) is 12.1 Å². The van der Waals surface area contributed by atoms with Crippen LogP contribution in [0.2, 0.25) is 5.02 Å². The number of rotatable bonds is 5. The molecule has 0 radical (unpaired) electrons. The van der Waals surface area contributed by atoms with Gasteiger partial charge in [0.1, 0.15) is 11.6 Å². The van der Waals surface area contributed by atoms with Gasteiger partial charge in [0.15, 0.2) is 0 Å². The number of fused-ring (bicyclic) bond motifs is 1. The lowest BCUT2D eigenvalue weighted by Gasteiger charge is -2.07. The lowest BCUT2D eigenvalue weighted by atomic mass is 10.2. The molecule has 134 valence electrons. The maximum absolute atomic E-state index is 12.5.